The van der Waals surface area contributed by atoms with E-state index < -0.39 is 5.97 Å². The monoisotopic (exact) mass is 170 g/mol. The number of aliphatic carboxylic acids is 1. The predicted molar refractivity (Wildman–Crippen MR) is 41.6 cm³/mol. The van der Waals surface area contributed by atoms with E-state index in [4.69, 9.17) is 5.11 Å². The Balaban J connectivity index is 2.88. The third-order valence-electron chi connectivity index (χ3n) is 1.76. The molecule has 5 heteroatoms. The SMILES string of the molecule is CC1CC(C(=O)O)=NN(C)C1=O. The van der Waals surface area contributed by atoms with Gasteiger partial charge in [-0.2, -0.15) is 5.10 Å². The van der Waals surface area contributed by atoms with Crippen molar-refractivity contribution in [2.45, 2.75) is 13.3 Å². The number of hydrogen-bond donors (Lipinski definition) is 1. The zero-order valence-electron chi connectivity index (χ0n) is 6.94. The fourth-order valence-electron chi connectivity index (χ4n) is 1.10. The standard InChI is InChI=1S/C7H10N2O3/c1-4-3-5(7(11)12)8-9(2)6(4)10/h4H,3H2,1-2H3,(H,11,12). The molecule has 1 rings (SSSR count). The van der Waals surface area contributed by atoms with Crippen LogP contribution in [0.4, 0.5) is 0 Å². The molecule has 0 saturated carbocycles. The molecule has 5 nitrogen and oxygen atoms in total. The largest absolute Gasteiger partial charge is 0.477 e. The van der Waals surface area contributed by atoms with Gasteiger partial charge in [0, 0.05) is 19.4 Å². The van der Waals surface area contributed by atoms with Gasteiger partial charge in [-0.3, -0.25) is 4.79 Å². The lowest BCUT2D eigenvalue weighted by Gasteiger charge is -2.22. The van der Waals surface area contributed by atoms with E-state index >= 15 is 0 Å². The van der Waals surface area contributed by atoms with Crippen molar-refractivity contribution >= 4 is 17.6 Å². The lowest BCUT2D eigenvalue weighted by molar-refractivity contribution is -0.135. The number of carbonyl (C=O) groups excluding carboxylic acids is 1. The quantitative estimate of drug-likeness (QED) is 0.598. The second-order valence-corrected chi connectivity index (χ2v) is 2.82. The molecule has 1 N–H and O–H groups in total. The van der Waals surface area contributed by atoms with Crippen LogP contribution in [0.1, 0.15) is 13.3 Å². The molecular formula is C7H10N2O3. The Morgan fingerprint density at radius 2 is 2.33 bits per heavy atom. The topological polar surface area (TPSA) is 70.0 Å². The summed E-state index contributed by atoms with van der Waals surface area (Å²) >= 11 is 0. The van der Waals surface area contributed by atoms with E-state index in [1.807, 2.05) is 0 Å². The van der Waals surface area contributed by atoms with E-state index in [1.54, 1.807) is 6.92 Å². The molecule has 0 fully saturated rings. The summed E-state index contributed by atoms with van der Waals surface area (Å²) in [6.45, 7) is 1.69. The van der Waals surface area contributed by atoms with Gasteiger partial charge in [-0.1, -0.05) is 6.92 Å². The van der Waals surface area contributed by atoms with Gasteiger partial charge in [-0.25, -0.2) is 9.80 Å². The van der Waals surface area contributed by atoms with Crippen molar-refractivity contribution in [3.63, 3.8) is 0 Å². The summed E-state index contributed by atoms with van der Waals surface area (Å²) in [7, 11) is 1.46. The van der Waals surface area contributed by atoms with Gasteiger partial charge in [0.1, 0.15) is 5.71 Å². The molecule has 1 unspecified atom stereocenters. The number of carboxylic acids is 1. The molecular weight excluding hydrogens is 160 g/mol. The third kappa shape index (κ3) is 1.44. The third-order valence-corrected chi connectivity index (χ3v) is 1.76. The molecule has 0 aromatic carbocycles. The smallest absolute Gasteiger partial charge is 0.352 e. The molecule has 1 aliphatic heterocycles. The average Bonchev–Trinajstić information content (AvgIpc) is 1.99. The summed E-state index contributed by atoms with van der Waals surface area (Å²) in [6.07, 6.45) is 0.221. The van der Waals surface area contributed by atoms with Crippen LogP contribution in [-0.4, -0.2) is 34.8 Å². The van der Waals surface area contributed by atoms with Crippen LogP contribution in [0.15, 0.2) is 5.10 Å². The summed E-state index contributed by atoms with van der Waals surface area (Å²) in [5, 5.41) is 13.3. The maximum Gasteiger partial charge on any atom is 0.352 e. The highest BCUT2D eigenvalue weighted by molar-refractivity contribution is 6.36. The van der Waals surface area contributed by atoms with Crippen LogP contribution >= 0.6 is 0 Å². The second-order valence-electron chi connectivity index (χ2n) is 2.82. The van der Waals surface area contributed by atoms with E-state index in [0.29, 0.717) is 0 Å². The second kappa shape index (κ2) is 2.92. The zero-order valence-corrected chi connectivity index (χ0v) is 6.94. The van der Waals surface area contributed by atoms with Crippen LogP contribution in [0.25, 0.3) is 0 Å². The van der Waals surface area contributed by atoms with Crippen molar-refractivity contribution in [2.75, 3.05) is 7.05 Å². The highest BCUT2D eigenvalue weighted by Gasteiger charge is 2.27. The first-order valence-corrected chi connectivity index (χ1v) is 3.60. The normalized spacial score (nSPS) is 23.8. The Morgan fingerprint density at radius 1 is 1.75 bits per heavy atom. The molecule has 0 saturated heterocycles. The summed E-state index contributed by atoms with van der Waals surface area (Å²) in [4.78, 5) is 21.6. The van der Waals surface area contributed by atoms with Gasteiger partial charge in [0.25, 0.3) is 0 Å². The highest BCUT2D eigenvalue weighted by Crippen LogP contribution is 2.13. The molecule has 1 amide bonds. The lowest BCUT2D eigenvalue weighted by Crippen LogP contribution is -2.37. The van der Waals surface area contributed by atoms with Crippen molar-refractivity contribution in [3.8, 4) is 0 Å². The Morgan fingerprint density at radius 3 is 2.75 bits per heavy atom. The van der Waals surface area contributed by atoms with Crippen LogP contribution in [0.5, 0.6) is 0 Å². The van der Waals surface area contributed by atoms with Crippen molar-refractivity contribution in [1.82, 2.24) is 5.01 Å². The molecule has 66 valence electrons. The molecule has 1 aliphatic rings. The van der Waals surface area contributed by atoms with Gasteiger partial charge in [0.2, 0.25) is 5.91 Å². The number of rotatable bonds is 1. The van der Waals surface area contributed by atoms with E-state index in [0.717, 1.165) is 5.01 Å². The Hall–Kier alpha value is -1.39. The van der Waals surface area contributed by atoms with Crippen LogP contribution in [-0.2, 0) is 9.59 Å². The summed E-state index contributed by atoms with van der Waals surface area (Å²) in [6, 6.07) is 0. The molecule has 0 aromatic rings. The highest BCUT2D eigenvalue weighted by atomic mass is 16.4. The molecule has 0 bridgehead atoms. The number of nitrogens with zero attached hydrogens (tertiary/aromatic N) is 2. The maximum atomic E-state index is 11.1. The van der Waals surface area contributed by atoms with Crippen molar-refractivity contribution in [1.29, 1.82) is 0 Å². The first-order chi connectivity index (χ1) is 5.52. The van der Waals surface area contributed by atoms with Crippen molar-refractivity contribution in [2.24, 2.45) is 11.0 Å². The van der Waals surface area contributed by atoms with E-state index in [1.165, 1.54) is 7.05 Å². The molecule has 12 heavy (non-hydrogen) atoms. The first kappa shape index (κ1) is 8.70. The molecule has 0 aromatic heterocycles. The summed E-state index contributed by atoms with van der Waals surface area (Å²) in [5.41, 5.74) is 0.0459. The van der Waals surface area contributed by atoms with Crippen LogP contribution < -0.4 is 0 Å². The molecule has 1 atom stereocenters. The number of hydrogen-bond acceptors (Lipinski definition) is 3. The van der Waals surface area contributed by atoms with Gasteiger partial charge < -0.3 is 5.11 Å². The molecule has 0 radical (unpaired) electrons. The van der Waals surface area contributed by atoms with Crippen LogP contribution in [0, 0.1) is 5.92 Å². The fourth-order valence-corrected chi connectivity index (χ4v) is 1.10. The van der Waals surface area contributed by atoms with Gasteiger partial charge in [0.15, 0.2) is 0 Å². The van der Waals surface area contributed by atoms with Crippen molar-refractivity contribution < 1.29 is 14.7 Å². The summed E-state index contributed by atoms with van der Waals surface area (Å²) < 4.78 is 0. The first-order valence-electron chi connectivity index (χ1n) is 3.60. The van der Waals surface area contributed by atoms with Gasteiger partial charge >= 0.3 is 5.97 Å². The minimum Gasteiger partial charge on any atom is -0.477 e. The number of carboxylic acid groups (broad SMARTS) is 1. The fraction of sp³-hybridized carbons (Fsp3) is 0.571. The maximum absolute atomic E-state index is 11.1. The Bertz CT molecular complexity index is 259. The molecule has 0 aliphatic carbocycles. The minimum atomic E-state index is -1.05. The number of hydrazone groups is 1. The van der Waals surface area contributed by atoms with E-state index in [2.05, 4.69) is 5.10 Å². The van der Waals surface area contributed by atoms with Crippen molar-refractivity contribution in [3.05, 3.63) is 0 Å². The molecule has 1 heterocycles. The zero-order chi connectivity index (χ0) is 9.30. The van der Waals surface area contributed by atoms with Crippen LogP contribution in [0.3, 0.4) is 0 Å². The minimum absolute atomic E-state index is 0.0459. The van der Waals surface area contributed by atoms with E-state index in [9.17, 15) is 9.59 Å². The lowest BCUT2D eigenvalue weighted by atomic mass is 10.0. The van der Waals surface area contributed by atoms with Crippen LogP contribution in [0.2, 0.25) is 0 Å². The average molecular weight is 170 g/mol. The van der Waals surface area contributed by atoms with E-state index in [-0.39, 0.29) is 24.0 Å². The summed E-state index contributed by atoms with van der Waals surface area (Å²) in [5.74, 6) is -1.47. The predicted octanol–water partition coefficient (Wildman–Crippen LogP) is -0.0748. The Labute approximate surface area is 69.7 Å². The Kier molecular flexibility index (Phi) is 2.12. The number of carbonyl (C=O) groups is 2. The van der Waals surface area contributed by atoms with Gasteiger partial charge in [-0.15, -0.1) is 0 Å². The number of amides is 1. The van der Waals surface area contributed by atoms with Gasteiger partial charge in [-0.05, 0) is 0 Å². The van der Waals surface area contributed by atoms with Gasteiger partial charge in [0.05, 0.1) is 0 Å². The molecule has 0 spiro atoms.